The van der Waals surface area contributed by atoms with Crippen molar-refractivity contribution in [3.8, 4) is 38.4 Å². The Bertz CT molecular complexity index is 4300. The molecule has 1 saturated heterocycles. The van der Waals surface area contributed by atoms with E-state index >= 15 is 9.59 Å². The number of primary amides is 1. The van der Waals surface area contributed by atoms with Crippen LogP contribution >= 0.6 is 56.7 Å². The highest BCUT2D eigenvalue weighted by molar-refractivity contribution is 7.14. The van der Waals surface area contributed by atoms with Crippen LogP contribution in [0.15, 0.2) is 56.9 Å². The molecule has 4 aliphatic rings. The molecule has 11 heterocycles. The normalized spacial score (nSPS) is 24.9. The van der Waals surface area contributed by atoms with Gasteiger partial charge in [0.2, 0.25) is 5.91 Å². The van der Waals surface area contributed by atoms with E-state index in [-0.39, 0.29) is 106 Å². The highest BCUT2D eigenvalue weighted by atomic mass is 32.1. The molecule has 12 bridgehead atoms. The Morgan fingerprint density at radius 1 is 0.826 bits per heavy atom. The van der Waals surface area contributed by atoms with Crippen molar-refractivity contribution in [3.63, 3.8) is 0 Å². The number of carbonyl (C=O) groups excluding carboxylic acids is 7. The van der Waals surface area contributed by atoms with Crippen LogP contribution in [0.4, 0.5) is 0 Å². The molecule has 5 amide bonds. The minimum atomic E-state index is -1.84. The largest absolute Gasteiger partial charge is 0.506 e. The number of methoxy groups -OCH3 is 1. The minimum absolute atomic E-state index is 0.0128. The summed E-state index contributed by atoms with van der Waals surface area (Å²) in [6.45, 7) is 4.75. The molecule has 10 N–H and O–H groups in total. The van der Waals surface area contributed by atoms with Gasteiger partial charge in [0.25, 0.3) is 23.6 Å². The molecule has 0 unspecified atom stereocenters. The van der Waals surface area contributed by atoms with E-state index in [0.717, 1.165) is 56.7 Å². The molecule has 92 heavy (non-hydrogen) atoms. The summed E-state index contributed by atoms with van der Waals surface area (Å²) in [6.07, 6.45) is -7.20. The zero-order chi connectivity index (χ0) is 65.2. The summed E-state index contributed by atoms with van der Waals surface area (Å²) in [4.78, 5) is 134. The predicted octanol–water partition coefficient (Wildman–Crippen LogP) is 4.55. The van der Waals surface area contributed by atoms with Gasteiger partial charge in [-0.05, 0) is 59.5 Å². The lowest BCUT2D eigenvalue weighted by atomic mass is 9.85. The first-order chi connectivity index (χ1) is 43.9. The summed E-state index contributed by atoms with van der Waals surface area (Å²) in [5.41, 5.74) is 4.49. The number of hydrogen-bond donors (Lipinski definition) is 9. The van der Waals surface area contributed by atoms with Crippen molar-refractivity contribution in [1.29, 1.82) is 0 Å². The second-order valence-electron chi connectivity index (χ2n) is 22.3. The molecule has 480 valence electrons. The lowest BCUT2D eigenvalue weighted by molar-refractivity contribution is -0.280. The highest BCUT2D eigenvalue weighted by Crippen LogP contribution is 2.43. The molecule has 10 atom stereocenters. The van der Waals surface area contributed by atoms with Crippen LogP contribution in [0.5, 0.6) is 5.75 Å². The Morgan fingerprint density at radius 3 is 2.22 bits per heavy atom. The van der Waals surface area contributed by atoms with Crippen LogP contribution in [-0.4, -0.2) is 173 Å². The fourth-order valence-electron chi connectivity index (χ4n) is 11.4. The summed E-state index contributed by atoms with van der Waals surface area (Å²) in [6, 6.07) is 1.41. The summed E-state index contributed by atoms with van der Waals surface area (Å²) in [7, 11) is 4.90. The SMILES string of the molecule is COC(C)=C1NC(=O)[C@H]([C@@H](C)O)NC(=O)c2csc(n2)-c2cc(O)c(-c3nc(C(N)=O)cs3)nc2-c2csc(n2)[C@@H]2COC(=O)c3[nH]c4cccc5c4c3CO[C@H]([C@H](O[C@H]3C[C@](C)(O)[C@H](N(C)C)[C@H](C)O3)C(=O)OC5)[C@H](NC(=O)c3csc1n3)c1nc(cs1)C(=O)N2. The fourth-order valence-corrected chi connectivity index (χ4v) is 15.6. The van der Waals surface area contributed by atoms with Gasteiger partial charge in [-0.15, -0.1) is 56.7 Å². The second kappa shape index (κ2) is 25.5. The van der Waals surface area contributed by atoms with Crippen LogP contribution in [0.3, 0.4) is 0 Å². The number of aromatic hydroxyl groups is 1. The molecule has 0 aliphatic carbocycles. The molecule has 1 aromatic carbocycles. The number of aliphatic hydroxyl groups is 2. The number of aromatic amines is 1. The summed E-state index contributed by atoms with van der Waals surface area (Å²) >= 11 is 4.75. The van der Waals surface area contributed by atoms with Gasteiger partial charge >= 0.3 is 11.9 Å². The van der Waals surface area contributed by atoms with Crippen molar-refractivity contribution >= 4 is 115 Å². The number of aliphatic hydroxyl groups excluding tert-OH is 1. The van der Waals surface area contributed by atoms with Crippen molar-refractivity contribution in [2.45, 2.75) is 108 Å². The smallest absolute Gasteiger partial charge is 0.355 e. The number of allylic oxidation sites excluding steroid dienone is 1. The number of carbonyl (C=O) groups is 7. The fraction of sp³-hybridized carbons (Fsp3) is 0.362. The minimum Gasteiger partial charge on any atom is -0.506 e. The van der Waals surface area contributed by atoms with Gasteiger partial charge in [0.15, 0.2) is 12.4 Å². The number of nitrogens with two attached hydrogens (primary N) is 1. The number of benzene rings is 1. The van der Waals surface area contributed by atoms with E-state index in [4.69, 9.17) is 49.1 Å². The number of H-pyrrole nitrogens is 1. The second-order valence-corrected chi connectivity index (χ2v) is 26.6. The predicted molar refractivity (Wildman–Crippen MR) is 332 cm³/mol. The van der Waals surface area contributed by atoms with Gasteiger partial charge in [0, 0.05) is 55.4 Å². The molecular weight excluding hydrogens is 1300 g/mol. The van der Waals surface area contributed by atoms with Gasteiger partial charge in [0.1, 0.15) is 125 Å². The van der Waals surface area contributed by atoms with E-state index in [0.29, 0.717) is 16.5 Å². The quantitative estimate of drug-likeness (QED) is 0.0780. The van der Waals surface area contributed by atoms with E-state index < -0.39 is 121 Å². The van der Waals surface area contributed by atoms with E-state index in [2.05, 4.69) is 41.2 Å². The van der Waals surface area contributed by atoms with E-state index in [1.165, 1.54) is 48.5 Å². The van der Waals surface area contributed by atoms with Crippen molar-refractivity contribution in [2.24, 2.45) is 5.73 Å². The maximum atomic E-state index is 15.1. The number of pyridine rings is 1. The summed E-state index contributed by atoms with van der Waals surface area (Å²) < 4.78 is 37.8. The van der Waals surface area contributed by atoms with Crippen molar-refractivity contribution in [1.82, 2.24) is 61.1 Å². The first kappa shape index (κ1) is 63.6. The molecule has 29 nitrogen and oxygen atoms in total. The molecule has 34 heteroatoms. The van der Waals surface area contributed by atoms with Crippen molar-refractivity contribution in [3.05, 3.63) is 112 Å². The third kappa shape index (κ3) is 12.4. The first-order valence-electron chi connectivity index (χ1n) is 28.2. The number of amides is 5. The average Bonchev–Trinajstić information content (AvgIpc) is 1.86. The maximum Gasteiger partial charge on any atom is 0.355 e. The third-order valence-electron chi connectivity index (χ3n) is 15.6. The molecule has 4 aliphatic heterocycles. The van der Waals surface area contributed by atoms with E-state index in [1.807, 2.05) is 4.90 Å². The Balaban J connectivity index is 1.04. The molecule has 0 saturated carbocycles. The number of aromatic nitrogens is 7. The van der Waals surface area contributed by atoms with Crippen LogP contribution in [0.25, 0.3) is 49.3 Å². The Hall–Kier alpha value is -8.55. The van der Waals surface area contributed by atoms with Crippen molar-refractivity contribution in [2.75, 3.05) is 27.8 Å². The van der Waals surface area contributed by atoms with Gasteiger partial charge in [-0.1, -0.05) is 12.1 Å². The topological polar surface area (TPSA) is 406 Å². The summed E-state index contributed by atoms with van der Waals surface area (Å²) in [5.74, 6) is -6.64. The van der Waals surface area contributed by atoms with Crippen LogP contribution in [0, 0.1) is 0 Å². The molecule has 12 rings (SSSR count). The molecule has 0 spiro atoms. The van der Waals surface area contributed by atoms with Crippen LogP contribution < -0.4 is 27.0 Å². The molecule has 0 radical (unpaired) electrons. The van der Waals surface area contributed by atoms with E-state index in [9.17, 15) is 39.3 Å². The third-order valence-corrected chi connectivity index (χ3v) is 20.1. The van der Waals surface area contributed by atoms with E-state index in [1.54, 1.807) is 51.5 Å². The zero-order valence-electron chi connectivity index (χ0n) is 49.6. The van der Waals surface area contributed by atoms with Gasteiger partial charge < -0.3 is 80.6 Å². The number of nitrogens with zero attached hydrogens (tertiary/aromatic N) is 7. The van der Waals surface area contributed by atoms with Gasteiger partial charge in [-0.3, -0.25) is 24.0 Å². The number of cyclic esters (lactones) is 2. The highest BCUT2D eigenvalue weighted by Gasteiger charge is 2.50. The summed E-state index contributed by atoms with van der Waals surface area (Å²) in [5, 5.41) is 53.7. The Kier molecular flexibility index (Phi) is 17.6. The number of nitrogens with one attached hydrogen (secondary N) is 5. The number of ether oxygens (including phenoxy) is 6. The maximum absolute atomic E-state index is 15.1. The lowest BCUT2D eigenvalue weighted by Crippen LogP contribution is -2.62. The number of rotatable bonds is 7. The monoisotopic (exact) mass is 1350 g/mol. The van der Waals surface area contributed by atoms with Gasteiger partial charge in [0.05, 0.1) is 37.6 Å². The van der Waals surface area contributed by atoms with Gasteiger partial charge in [-0.2, -0.15) is 0 Å². The number of thiazole rings is 5. The van der Waals surface area contributed by atoms with Gasteiger partial charge in [-0.25, -0.2) is 39.5 Å². The van der Waals surface area contributed by atoms with Crippen molar-refractivity contribution < 1.29 is 77.3 Å². The molecule has 1 fully saturated rings. The standard InChI is InChI=1S/C58H57N13O16S5/c1-21(72)37-50(78)69-38(22(2)82-7)53-65-33(20-91-53)49(77)70-42-43-44(87-35-12-58(4,81)45(71(5)6)23(3)86-35)57(80)84-13-24-9-8-10-27-36(24)26(14-83-43)40(60-27)56(79)85-15-28(61-47(75)31-19-92-55(42)66-31)52-62-29(16-89-52)39-25(51-64-32(18-88-51)48(76)68-37)11-34(73)41(67-39)54-63-30(17-90-54)46(59)74/h8-11,16-21,23,28,35,37,42-45,60,72-73,81H,12-15H2,1-7H3,(H2,59,74)(H,61,75)(H,68,76)(H,69,78)(H,70,77)/t21-,23+,28+,35+,37+,42+,43+,44+,45-,58+/m1/s1. The Labute approximate surface area is 541 Å². The first-order valence-corrected chi connectivity index (χ1v) is 32.6. The number of hydrogen-bond acceptors (Lipinski definition) is 28. The average molecular weight is 1350 g/mol. The molecule has 8 aromatic rings. The van der Waals surface area contributed by atoms with Crippen LogP contribution in [0.1, 0.15) is 125 Å². The van der Waals surface area contributed by atoms with Crippen LogP contribution in [-0.2, 0) is 51.2 Å². The Morgan fingerprint density at radius 2 is 1.50 bits per heavy atom. The zero-order valence-corrected chi connectivity index (χ0v) is 53.7. The van der Waals surface area contributed by atoms with Crippen LogP contribution in [0.2, 0.25) is 0 Å². The molecule has 7 aromatic heterocycles. The number of likely N-dealkylation sites (N-methyl/N-ethyl adjacent to an activating group) is 1. The molecular formula is C58H57N13O16S5. The lowest BCUT2D eigenvalue weighted by Gasteiger charge is -2.48. The number of fused-ring (bicyclic) bond motifs is 15. The number of esters is 2.